The molecule has 2 N–H and O–H groups in total. The number of hydrogen-bond acceptors (Lipinski definition) is 4. The van der Waals surface area contributed by atoms with E-state index in [2.05, 4.69) is 19.2 Å². The van der Waals surface area contributed by atoms with E-state index in [0.717, 1.165) is 19.3 Å². The number of aliphatic hydroxyl groups is 1. The van der Waals surface area contributed by atoms with Gasteiger partial charge >= 0.3 is 0 Å². The quantitative estimate of drug-likeness (QED) is 0.779. The van der Waals surface area contributed by atoms with E-state index >= 15 is 0 Å². The largest absolute Gasteiger partial charge is 0.389 e. The Kier molecular flexibility index (Phi) is 4.65. The molecule has 0 aromatic rings. The fourth-order valence-electron chi connectivity index (χ4n) is 3.73. The Morgan fingerprint density at radius 3 is 2.70 bits per heavy atom. The summed E-state index contributed by atoms with van der Waals surface area (Å²) in [5, 5.41) is 13.2. The van der Waals surface area contributed by atoms with Crippen molar-refractivity contribution in [1.82, 2.24) is 10.2 Å². The first-order valence-electron chi connectivity index (χ1n) is 8.80. The summed E-state index contributed by atoms with van der Waals surface area (Å²) in [6.45, 7) is 5.80. The van der Waals surface area contributed by atoms with E-state index in [1.807, 2.05) is 0 Å². The van der Waals surface area contributed by atoms with Gasteiger partial charge in [-0.15, -0.1) is 0 Å². The van der Waals surface area contributed by atoms with E-state index in [0.29, 0.717) is 32.0 Å². The summed E-state index contributed by atoms with van der Waals surface area (Å²) in [5.41, 5.74) is -0.789. The molecule has 3 fully saturated rings. The molecule has 3 unspecified atom stereocenters. The Bertz CT molecular complexity index is 475. The van der Waals surface area contributed by atoms with Crippen molar-refractivity contribution in [3.63, 3.8) is 0 Å². The number of fused-ring (bicyclic) bond motifs is 2. The van der Waals surface area contributed by atoms with Crippen LogP contribution in [0.4, 0.5) is 0 Å². The monoisotopic (exact) mass is 324 g/mol. The Labute approximate surface area is 137 Å². The maximum Gasteiger partial charge on any atom is 0.225 e. The summed E-state index contributed by atoms with van der Waals surface area (Å²) >= 11 is 0. The minimum atomic E-state index is -0.789. The van der Waals surface area contributed by atoms with E-state index in [-0.39, 0.29) is 36.4 Å². The van der Waals surface area contributed by atoms with E-state index in [9.17, 15) is 14.7 Å². The molecular formula is C17H28N2O4. The molecule has 3 rings (SSSR count). The number of nitrogens with one attached hydrogen (secondary N) is 1. The van der Waals surface area contributed by atoms with Crippen LogP contribution in [-0.2, 0) is 14.3 Å². The predicted molar refractivity (Wildman–Crippen MR) is 84.6 cm³/mol. The minimum absolute atomic E-state index is 0.00580. The van der Waals surface area contributed by atoms with Gasteiger partial charge in [-0.1, -0.05) is 13.8 Å². The Morgan fingerprint density at radius 1 is 1.35 bits per heavy atom. The van der Waals surface area contributed by atoms with Crippen LogP contribution in [0.25, 0.3) is 0 Å². The first-order chi connectivity index (χ1) is 10.9. The smallest absolute Gasteiger partial charge is 0.225 e. The highest BCUT2D eigenvalue weighted by Crippen LogP contribution is 2.37. The van der Waals surface area contributed by atoms with E-state index < -0.39 is 5.60 Å². The average Bonchev–Trinajstić information content (AvgIpc) is 2.77. The molecular weight excluding hydrogens is 296 g/mol. The number of hydrogen-bond donors (Lipinski definition) is 2. The van der Waals surface area contributed by atoms with Crippen molar-refractivity contribution in [3.05, 3.63) is 0 Å². The molecule has 0 aromatic carbocycles. The Morgan fingerprint density at radius 2 is 2.09 bits per heavy atom. The Balaban J connectivity index is 1.54. The summed E-state index contributed by atoms with van der Waals surface area (Å²) < 4.78 is 5.87. The molecule has 1 saturated carbocycles. The zero-order valence-corrected chi connectivity index (χ0v) is 14.1. The highest BCUT2D eigenvalue weighted by molar-refractivity contribution is 5.81. The average molecular weight is 324 g/mol. The standard InChI is InChI=1S/C17H28N2O4/c1-11(2)8-18-16(21)13-6-12-9-19(10-14(13)23-12)15(20)7-17(22)4-3-5-17/h11-14,22H,3-10H2,1-2H3,(H,18,21). The molecule has 6 heteroatoms. The van der Waals surface area contributed by atoms with Crippen molar-refractivity contribution in [3.8, 4) is 0 Å². The third-order valence-corrected chi connectivity index (χ3v) is 5.30. The van der Waals surface area contributed by atoms with Crippen LogP contribution in [0.15, 0.2) is 0 Å². The lowest BCUT2D eigenvalue weighted by molar-refractivity contribution is -0.150. The van der Waals surface area contributed by atoms with Crippen LogP contribution in [-0.4, -0.2) is 59.3 Å². The molecule has 2 amide bonds. The second kappa shape index (κ2) is 6.40. The third kappa shape index (κ3) is 3.69. The molecule has 130 valence electrons. The Hall–Kier alpha value is -1.14. The van der Waals surface area contributed by atoms with Gasteiger partial charge in [-0.3, -0.25) is 9.59 Å². The lowest BCUT2D eigenvalue weighted by Gasteiger charge is -2.39. The van der Waals surface area contributed by atoms with Crippen molar-refractivity contribution >= 4 is 11.8 Å². The van der Waals surface area contributed by atoms with E-state index in [1.54, 1.807) is 4.90 Å². The number of carbonyl (C=O) groups is 2. The van der Waals surface area contributed by atoms with Crippen molar-refractivity contribution in [2.75, 3.05) is 19.6 Å². The fraction of sp³-hybridized carbons (Fsp3) is 0.882. The zero-order valence-electron chi connectivity index (χ0n) is 14.1. The molecule has 2 bridgehead atoms. The van der Waals surface area contributed by atoms with Gasteiger partial charge in [0, 0.05) is 19.6 Å². The number of nitrogens with zero attached hydrogens (tertiary/aromatic N) is 1. The lowest BCUT2D eigenvalue weighted by Crippen LogP contribution is -2.51. The number of likely N-dealkylation sites (tertiary alicyclic amines) is 1. The molecule has 2 heterocycles. The summed E-state index contributed by atoms with van der Waals surface area (Å²) in [5.74, 6) is 0.289. The topological polar surface area (TPSA) is 78.9 Å². The summed E-state index contributed by atoms with van der Waals surface area (Å²) in [4.78, 5) is 26.5. The number of amides is 2. The molecule has 2 aliphatic heterocycles. The molecule has 2 saturated heterocycles. The van der Waals surface area contributed by atoms with Gasteiger partial charge in [-0.2, -0.15) is 0 Å². The van der Waals surface area contributed by atoms with Gasteiger partial charge in [0.2, 0.25) is 11.8 Å². The first-order valence-corrected chi connectivity index (χ1v) is 8.80. The van der Waals surface area contributed by atoms with Crippen LogP contribution in [0.2, 0.25) is 0 Å². The molecule has 0 spiro atoms. The number of ether oxygens (including phenoxy) is 1. The van der Waals surface area contributed by atoms with Gasteiger partial charge in [0.05, 0.1) is 30.1 Å². The fourth-order valence-corrected chi connectivity index (χ4v) is 3.73. The van der Waals surface area contributed by atoms with Gasteiger partial charge in [0.1, 0.15) is 0 Å². The van der Waals surface area contributed by atoms with Gasteiger partial charge in [0.15, 0.2) is 0 Å². The number of rotatable bonds is 5. The summed E-state index contributed by atoms with van der Waals surface area (Å²) in [6, 6.07) is 0. The molecule has 0 aromatic heterocycles. The van der Waals surface area contributed by atoms with Crippen LogP contribution in [0, 0.1) is 11.8 Å². The van der Waals surface area contributed by atoms with Gasteiger partial charge in [-0.25, -0.2) is 0 Å². The second-order valence-corrected chi connectivity index (χ2v) is 7.83. The van der Waals surface area contributed by atoms with Crippen molar-refractivity contribution < 1.29 is 19.4 Å². The van der Waals surface area contributed by atoms with Crippen LogP contribution in [0.3, 0.4) is 0 Å². The second-order valence-electron chi connectivity index (χ2n) is 7.83. The van der Waals surface area contributed by atoms with Crippen LogP contribution >= 0.6 is 0 Å². The van der Waals surface area contributed by atoms with Crippen molar-refractivity contribution in [1.29, 1.82) is 0 Å². The summed E-state index contributed by atoms with van der Waals surface area (Å²) in [6.07, 6.45) is 3.06. The maximum atomic E-state index is 12.4. The van der Waals surface area contributed by atoms with Crippen LogP contribution in [0.5, 0.6) is 0 Å². The molecule has 3 atom stereocenters. The van der Waals surface area contributed by atoms with Gasteiger partial charge in [-0.05, 0) is 31.6 Å². The van der Waals surface area contributed by atoms with Crippen LogP contribution in [0.1, 0.15) is 46.0 Å². The van der Waals surface area contributed by atoms with Gasteiger partial charge in [0.25, 0.3) is 0 Å². The first kappa shape index (κ1) is 16.7. The van der Waals surface area contributed by atoms with Crippen molar-refractivity contribution in [2.45, 2.75) is 63.8 Å². The normalized spacial score (nSPS) is 31.8. The molecule has 3 aliphatic rings. The molecule has 6 nitrogen and oxygen atoms in total. The maximum absolute atomic E-state index is 12.4. The molecule has 23 heavy (non-hydrogen) atoms. The van der Waals surface area contributed by atoms with Gasteiger partial charge < -0.3 is 20.1 Å². The number of carbonyl (C=O) groups excluding carboxylic acids is 2. The van der Waals surface area contributed by atoms with Crippen molar-refractivity contribution in [2.24, 2.45) is 11.8 Å². The highest BCUT2D eigenvalue weighted by Gasteiger charge is 2.47. The SMILES string of the molecule is CC(C)CNC(=O)C1CC2CN(C(=O)CC3(O)CCC3)CC1O2. The summed E-state index contributed by atoms with van der Waals surface area (Å²) in [7, 11) is 0. The predicted octanol–water partition coefficient (Wildman–Crippen LogP) is 0.680. The van der Waals surface area contributed by atoms with Crippen LogP contribution < -0.4 is 5.32 Å². The lowest BCUT2D eigenvalue weighted by atomic mass is 9.77. The number of morpholine rings is 1. The van der Waals surface area contributed by atoms with E-state index in [4.69, 9.17) is 4.74 Å². The third-order valence-electron chi connectivity index (χ3n) is 5.30. The van der Waals surface area contributed by atoms with E-state index in [1.165, 1.54) is 0 Å². The zero-order chi connectivity index (χ0) is 16.6. The molecule has 0 radical (unpaired) electrons. The molecule has 1 aliphatic carbocycles. The minimum Gasteiger partial charge on any atom is -0.389 e. The highest BCUT2D eigenvalue weighted by atomic mass is 16.5.